The van der Waals surface area contributed by atoms with Crippen molar-refractivity contribution in [1.82, 2.24) is 4.98 Å². The molecule has 0 spiro atoms. The minimum absolute atomic E-state index is 0.492. The highest BCUT2D eigenvalue weighted by atomic mass is 15.1. The van der Waals surface area contributed by atoms with E-state index in [2.05, 4.69) is 48.1 Å². The molecule has 0 aromatic carbocycles. The van der Waals surface area contributed by atoms with Gasteiger partial charge in [-0.3, -0.25) is 0 Å². The van der Waals surface area contributed by atoms with Gasteiger partial charge in [-0.2, -0.15) is 0 Å². The fourth-order valence-electron chi connectivity index (χ4n) is 2.57. The lowest BCUT2D eigenvalue weighted by molar-refractivity contribution is 0.325. The Hall–Kier alpha value is -1.25. The summed E-state index contributed by atoms with van der Waals surface area (Å²) < 4.78 is 0. The molecule has 0 radical (unpaired) electrons. The average Bonchev–Trinajstić information content (AvgIpc) is 2.51. The summed E-state index contributed by atoms with van der Waals surface area (Å²) >= 11 is 0. The topological polar surface area (TPSA) is 28.2 Å². The van der Waals surface area contributed by atoms with Crippen molar-refractivity contribution in [2.24, 2.45) is 5.41 Å². The fraction of sp³-hybridized carbons (Fsp3) is 0.667. The molecule has 1 aromatic heterocycles. The Balaban J connectivity index is 2.08. The predicted molar refractivity (Wildman–Crippen MR) is 78.2 cm³/mol. The molecule has 0 amide bonds. The van der Waals surface area contributed by atoms with Crippen molar-refractivity contribution in [2.45, 2.75) is 40.0 Å². The first-order valence-electron chi connectivity index (χ1n) is 7.05. The Bertz CT molecular complexity index is 387. The molecule has 3 nitrogen and oxygen atoms in total. The number of rotatable bonds is 3. The molecule has 0 unspecified atom stereocenters. The first kappa shape index (κ1) is 13.2. The molecule has 1 N–H and O–H groups in total. The van der Waals surface area contributed by atoms with Crippen LogP contribution in [0.5, 0.6) is 0 Å². The van der Waals surface area contributed by atoms with Crippen LogP contribution < -0.4 is 10.2 Å². The van der Waals surface area contributed by atoms with Gasteiger partial charge in [0.1, 0.15) is 5.82 Å². The number of nitrogens with one attached hydrogen (secondary N) is 1. The van der Waals surface area contributed by atoms with Gasteiger partial charge in [-0.25, -0.2) is 4.98 Å². The van der Waals surface area contributed by atoms with Crippen LogP contribution in [-0.2, 0) is 0 Å². The predicted octanol–water partition coefficient (Wildman–Crippen LogP) is 3.53. The number of hydrogen-bond acceptors (Lipinski definition) is 3. The van der Waals surface area contributed by atoms with Crippen molar-refractivity contribution in [3.63, 3.8) is 0 Å². The van der Waals surface area contributed by atoms with Crippen molar-refractivity contribution >= 4 is 11.5 Å². The first-order valence-corrected chi connectivity index (χ1v) is 7.05. The highest BCUT2D eigenvalue weighted by Crippen LogP contribution is 2.31. The van der Waals surface area contributed by atoms with Crippen LogP contribution in [0.4, 0.5) is 11.5 Å². The molecule has 1 fully saturated rings. The third kappa shape index (κ3) is 3.37. The third-order valence-electron chi connectivity index (χ3n) is 3.81. The Kier molecular flexibility index (Phi) is 4.10. The molecule has 1 aliphatic rings. The lowest BCUT2D eigenvalue weighted by atomic mass is 9.85. The maximum absolute atomic E-state index is 4.34. The lowest BCUT2D eigenvalue weighted by Crippen LogP contribution is -2.25. The second-order valence-electron chi connectivity index (χ2n) is 5.93. The molecule has 18 heavy (non-hydrogen) atoms. The van der Waals surface area contributed by atoms with Crippen LogP contribution in [0.15, 0.2) is 18.3 Å². The van der Waals surface area contributed by atoms with Crippen molar-refractivity contribution in [3.05, 3.63) is 18.3 Å². The highest BCUT2D eigenvalue weighted by molar-refractivity contribution is 5.53. The van der Waals surface area contributed by atoms with Crippen molar-refractivity contribution in [2.75, 3.05) is 29.9 Å². The van der Waals surface area contributed by atoms with Gasteiger partial charge in [-0.05, 0) is 37.7 Å². The van der Waals surface area contributed by atoms with E-state index >= 15 is 0 Å². The van der Waals surface area contributed by atoms with E-state index in [0.717, 1.165) is 18.9 Å². The fourth-order valence-corrected chi connectivity index (χ4v) is 2.57. The monoisotopic (exact) mass is 247 g/mol. The van der Waals surface area contributed by atoms with E-state index in [1.807, 2.05) is 6.20 Å². The van der Waals surface area contributed by atoms with Crippen LogP contribution in [-0.4, -0.2) is 24.6 Å². The second-order valence-corrected chi connectivity index (χ2v) is 5.93. The van der Waals surface area contributed by atoms with Crippen molar-refractivity contribution in [3.8, 4) is 0 Å². The Morgan fingerprint density at radius 1 is 1.33 bits per heavy atom. The maximum Gasteiger partial charge on any atom is 0.127 e. The molecule has 0 bridgehead atoms. The maximum atomic E-state index is 4.34. The average molecular weight is 247 g/mol. The van der Waals surface area contributed by atoms with Gasteiger partial charge in [0.15, 0.2) is 0 Å². The van der Waals surface area contributed by atoms with E-state index in [1.165, 1.54) is 31.5 Å². The molecule has 0 aliphatic carbocycles. The summed E-state index contributed by atoms with van der Waals surface area (Å²) in [5, 5.41) is 3.28. The Morgan fingerprint density at radius 2 is 2.17 bits per heavy atom. The van der Waals surface area contributed by atoms with E-state index < -0.39 is 0 Å². The molecule has 100 valence electrons. The Labute approximate surface area is 111 Å². The Morgan fingerprint density at radius 3 is 2.94 bits per heavy atom. The number of hydrogen-bond donors (Lipinski definition) is 1. The van der Waals surface area contributed by atoms with E-state index in [4.69, 9.17) is 0 Å². The molecule has 1 aliphatic heterocycles. The molecule has 2 heterocycles. The van der Waals surface area contributed by atoms with Gasteiger partial charge in [-0.15, -0.1) is 0 Å². The van der Waals surface area contributed by atoms with Crippen LogP contribution in [0.2, 0.25) is 0 Å². The highest BCUT2D eigenvalue weighted by Gasteiger charge is 2.23. The third-order valence-corrected chi connectivity index (χ3v) is 3.81. The minimum atomic E-state index is 0.492. The van der Waals surface area contributed by atoms with Gasteiger partial charge in [0.2, 0.25) is 0 Å². The van der Waals surface area contributed by atoms with Crippen LogP contribution in [0.1, 0.15) is 40.0 Å². The van der Waals surface area contributed by atoms with E-state index in [-0.39, 0.29) is 0 Å². The largest absolute Gasteiger partial charge is 0.371 e. The number of nitrogens with zero attached hydrogens (tertiary/aromatic N) is 2. The molecule has 2 rings (SSSR count). The van der Waals surface area contributed by atoms with E-state index in [9.17, 15) is 0 Å². The summed E-state index contributed by atoms with van der Waals surface area (Å²) in [5.74, 6) is 0.985. The van der Waals surface area contributed by atoms with Gasteiger partial charge in [0, 0.05) is 37.6 Å². The zero-order valence-corrected chi connectivity index (χ0v) is 11.9. The summed E-state index contributed by atoms with van der Waals surface area (Å²) in [7, 11) is 0. The minimum Gasteiger partial charge on any atom is -0.371 e. The van der Waals surface area contributed by atoms with Crippen molar-refractivity contribution < 1.29 is 0 Å². The zero-order chi connectivity index (χ0) is 13.0. The number of pyridine rings is 1. The number of anilines is 2. The summed E-state index contributed by atoms with van der Waals surface area (Å²) in [4.78, 5) is 6.84. The zero-order valence-electron chi connectivity index (χ0n) is 11.9. The molecule has 1 saturated heterocycles. The summed E-state index contributed by atoms with van der Waals surface area (Å²) in [5.41, 5.74) is 1.80. The van der Waals surface area contributed by atoms with Crippen LogP contribution >= 0.6 is 0 Å². The summed E-state index contributed by atoms with van der Waals surface area (Å²) in [6.45, 7) is 10.1. The quantitative estimate of drug-likeness (QED) is 0.885. The number of aromatic nitrogens is 1. The van der Waals surface area contributed by atoms with Gasteiger partial charge in [0.05, 0.1) is 0 Å². The summed E-state index contributed by atoms with van der Waals surface area (Å²) in [6, 6.07) is 4.29. The molecule has 0 atom stereocenters. The van der Waals surface area contributed by atoms with Crippen molar-refractivity contribution in [1.29, 1.82) is 0 Å². The molecule has 1 aromatic rings. The SMILES string of the molecule is CCNc1cc(N2CCCC(C)(C)CC2)ccn1. The molecule has 3 heteroatoms. The van der Waals surface area contributed by atoms with E-state index in [0.29, 0.717) is 5.41 Å². The standard InChI is InChI=1S/C15H25N3/c1-4-16-14-12-13(6-9-17-14)18-10-5-7-15(2,3)8-11-18/h6,9,12H,4-5,7-8,10-11H2,1-3H3,(H,16,17). The van der Waals surface area contributed by atoms with Gasteiger partial charge >= 0.3 is 0 Å². The van der Waals surface area contributed by atoms with Crippen LogP contribution in [0.3, 0.4) is 0 Å². The molecule has 0 saturated carbocycles. The molecular weight excluding hydrogens is 222 g/mol. The first-order chi connectivity index (χ1) is 8.61. The van der Waals surface area contributed by atoms with E-state index in [1.54, 1.807) is 0 Å². The van der Waals surface area contributed by atoms with Gasteiger partial charge in [0.25, 0.3) is 0 Å². The smallest absolute Gasteiger partial charge is 0.127 e. The van der Waals surface area contributed by atoms with Gasteiger partial charge in [-0.1, -0.05) is 13.8 Å². The van der Waals surface area contributed by atoms with Crippen LogP contribution in [0.25, 0.3) is 0 Å². The van der Waals surface area contributed by atoms with Crippen LogP contribution in [0, 0.1) is 5.41 Å². The van der Waals surface area contributed by atoms with Gasteiger partial charge < -0.3 is 10.2 Å². The second kappa shape index (κ2) is 5.59. The molecular formula is C15H25N3. The lowest BCUT2D eigenvalue weighted by Gasteiger charge is -2.25. The normalized spacial score (nSPS) is 19.4. The summed E-state index contributed by atoms with van der Waals surface area (Å²) in [6.07, 6.45) is 5.79.